The van der Waals surface area contributed by atoms with Crippen molar-refractivity contribution in [1.82, 2.24) is 19.7 Å². The van der Waals surface area contributed by atoms with Crippen LogP contribution in [0.2, 0.25) is 0 Å². The third kappa shape index (κ3) is 3.82. The van der Waals surface area contributed by atoms with E-state index in [1.807, 2.05) is 60.7 Å². The highest BCUT2D eigenvalue weighted by atomic mass is 19.1. The van der Waals surface area contributed by atoms with E-state index in [1.165, 1.54) is 12.1 Å². The maximum absolute atomic E-state index is 13.6. The second-order valence-corrected chi connectivity index (χ2v) is 7.30. The highest BCUT2D eigenvalue weighted by molar-refractivity contribution is 5.80. The fourth-order valence-corrected chi connectivity index (χ4v) is 3.68. The Balaban J connectivity index is 1.77. The van der Waals surface area contributed by atoms with Crippen LogP contribution in [0.3, 0.4) is 0 Å². The Morgan fingerprint density at radius 1 is 0.788 bits per heavy atom. The predicted octanol–water partition coefficient (Wildman–Crippen LogP) is 5.26. The van der Waals surface area contributed by atoms with Crippen LogP contribution in [0.15, 0.2) is 91.0 Å². The number of halogens is 1. The Kier molecular flexibility index (Phi) is 5.09. The van der Waals surface area contributed by atoms with Crippen LogP contribution >= 0.6 is 0 Å². The highest BCUT2D eigenvalue weighted by Gasteiger charge is 2.23. The molecule has 0 bridgehead atoms. The maximum atomic E-state index is 13.6. The molecule has 5 rings (SSSR count). The maximum Gasteiger partial charge on any atom is 0.221 e. The number of nitrogen functional groups attached to an aromatic ring is 1. The Labute approximate surface area is 189 Å². The lowest BCUT2D eigenvalue weighted by Crippen LogP contribution is -2.01. The molecule has 3 aromatic carbocycles. The van der Waals surface area contributed by atoms with Crippen LogP contribution in [0.25, 0.3) is 39.6 Å². The van der Waals surface area contributed by atoms with Gasteiger partial charge in [-0.25, -0.2) is 19.0 Å². The van der Waals surface area contributed by atoms with Gasteiger partial charge in [-0.2, -0.15) is 10.4 Å². The summed E-state index contributed by atoms with van der Waals surface area (Å²) in [6.07, 6.45) is 0. The molecule has 0 fully saturated rings. The predicted molar refractivity (Wildman–Crippen MR) is 125 cm³/mol. The van der Waals surface area contributed by atoms with E-state index in [0.717, 1.165) is 11.1 Å². The zero-order valence-corrected chi connectivity index (χ0v) is 17.4. The summed E-state index contributed by atoms with van der Waals surface area (Å²) in [5.41, 5.74) is 10.6. The van der Waals surface area contributed by atoms with Crippen LogP contribution < -0.4 is 5.73 Å². The van der Waals surface area contributed by atoms with Crippen molar-refractivity contribution in [2.24, 2.45) is 0 Å². The van der Waals surface area contributed by atoms with Crippen LogP contribution in [0.4, 0.5) is 10.3 Å². The summed E-state index contributed by atoms with van der Waals surface area (Å²) in [6, 6.07) is 29.0. The van der Waals surface area contributed by atoms with Crippen LogP contribution in [-0.2, 0) is 0 Å². The molecule has 0 aliphatic rings. The zero-order valence-electron chi connectivity index (χ0n) is 17.4. The molecular formula is C26H17FN6. The molecule has 0 amide bonds. The Morgan fingerprint density at radius 2 is 1.39 bits per heavy atom. The number of hydrogen-bond acceptors (Lipinski definition) is 5. The molecule has 2 heterocycles. The standard InChI is InChI=1S/C26H17FN6/c27-19-11-13-20(14-12-19)33-25(18-9-5-2-6-10-18)21(16-28)24(32-33)23-15-22(30-26(29)31-23)17-7-3-1-4-8-17/h1-15H,(H2,29,30,31). The Morgan fingerprint density at radius 3 is 2.03 bits per heavy atom. The first kappa shape index (κ1) is 20.1. The minimum Gasteiger partial charge on any atom is -0.368 e. The summed E-state index contributed by atoms with van der Waals surface area (Å²) in [5.74, 6) is -0.281. The van der Waals surface area contributed by atoms with Gasteiger partial charge in [0.25, 0.3) is 0 Å². The van der Waals surface area contributed by atoms with Crippen molar-refractivity contribution in [3.63, 3.8) is 0 Å². The number of anilines is 1. The Bertz CT molecular complexity index is 1470. The molecule has 7 heteroatoms. The van der Waals surface area contributed by atoms with Gasteiger partial charge in [0.2, 0.25) is 5.95 Å². The fraction of sp³-hybridized carbons (Fsp3) is 0. The average Bonchev–Trinajstić information content (AvgIpc) is 3.25. The molecule has 158 valence electrons. The minimum atomic E-state index is -0.357. The molecule has 5 aromatic rings. The van der Waals surface area contributed by atoms with Crippen molar-refractivity contribution in [1.29, 1.82) is 5.26 Å². The summed E-state index contributed by atoms with van der Waals surface area (Å²) in [6.45, 7) is 0. The molecule has 6 nitrogen and oxygen atoms in total. The molecule has 2 aromatic heterocycles. The smallest absolute Gasteiger partial charge is 0.221 e. The van der Waals surface area contributed by atoms with Crippen LogP contribution in [-0.4, -0.2) is 19.7 Å². The largest absolute Gasteiger partial charge is 0.368 e. The highest BCUT2D eigenvalue weighted by Crippen LogP contribution is 2.34. The number of nitrogens with two attached hydrogens (primary N) is 1. The van der Waals surface area contributed by atoms with Crippen LogP contribution in [0.1, 0.15) is 5.56 Å². The number of benzene rings is 3. The number of nitrogens with zero attached hydrogens (tertiary/aromatic N) is 5. The van der Waals surface area contributed by atoms with Crippen molar-refractivity contribution >= 4 is 5.95 Å². The first-order chi connectivity index (χ1) is 16.1. The molecule has 2 N–H and O–H groups in total. The van der Waals surface area contributed by atoms with Crippen molar-refractivity contribution in [3.8, 4) is 45.7 Å². The van der Waals surface area contributed by atoms with Crippen molar-refractivity contribution in [2.75, 3.05) is 5.73 Å². The third-order valence-corrected chi connectivity index (χ3v) is 5.17. The summed E-state index contributed by atoms with van der Waals surface area (Å²) < 4.78 is 15.2. The van der Waals surface area contributed by atoms with Crippen LogP contribution in [0, 0.1) is 17.1 Å². The lowest BCUT2D eigenvalue weighted by Gasteiger charge is -2.08. The van der Waals surface area contributed by atoms with Crippen molar-refractivity contribution < 1.29 is 4.39 Å². The van der Waals surface area contributed by atoms with Gasteiger partial charge in [-0.15, -0.1) is 0 Å². The number of hydrogen-bond donors (Lipinski definition) is 1. The van der Waals surface area contributed by atoms with Gasteiger partial charge in [-0.3, -0.25) is 0 Å². The second kappa shape index (κ2) is 8.36. The number of aromatic nitrogens is 4. The molecule has 33 heavy (non-hydrogen) atoms. The molecular weight excluding hydrogens is 415 g/mol. The molecule has 0 atom stereocenters. The number of nitriles is 1. The van der Waals surface area contributed by atoms with Gasteiger partial charge in [-0.05, 0) is 30.3 Å². The summed E-state index contributed by atoms with van der Waals surface area (Å²) in [5, 5.41) is 14.9. The van der Waals surface area contributed by atoms with E-state index in [2.05, 4.69) is 16.0 Å². The van der Waals surface area contributed by atoms with Gasteiger partial charge in [-0.1, -0.05) is 60.7 Å². The second-order valence-electron chi connectivity index (χ2n) is 7.30. The molecule has 0 saturated carbocycles. The summed E-state index contributed by atoms with van der Waals surface area (Å²) in [4.78, 5) is 8.72. The first-order valence-electron chi connectivity index (χ1n) is 10.2. The van der Waals surface area contributed by atoms with E-state index in [-0.39, 0.29) is 11.8 Å². The quantitative estimate of drug-likeness (QED) is 0.418. The SMILES string of the molecule is N#Cc1c(-c2cc(-c3ccccc3)nc(N)n2)nn(-c2ccc(F)cc2)c1-c1ccccc1. The van der Waals surface area contributed by atoms with Gasteiger partial charge >= 0.3 is 0 Å². The average molecular weight is 432 g/mol. The molecule has 0 aliphatic carbocycles. The van der Waals surface area contributed by atoms with Crippen molar-refractivity contribution in [2.45, 2.75) is 0 Å². The van der Waals surface area contributed by atoms with E-state index >= 15 is 0 Å². The lowest BCUT2D eigenvalue weighted by atomic mass is 10.0. The van der Waals surface area contributed by atoms with Crippen LogP contribution in [0.5, 0.6) is 0 Å². The van der Waals surface area contributed by atoms with Gasteiger partial charge < -0.3 is 5.73 Å². The van der Waals surface area contributed by atoms with Gasteiger partial charge in [0.05, 0.1) is 22.8 Å². The molecule has 0 unspecified atom stereocenters. The summed E-state index contributed by atoms with van der Waals surface area (Å²) >= 11 is 0. The fourth-order valence-electron chi connectivity index (χ4n) is 3.68. The molecule has 0 spiro atoms. The molecule has 0 aliphatic heterocycles. The summed E-state index contributed by atoms with van der Waals surface area (Å²) in [7, 11) is 0. The van der Waals surface area contributed by atoms with Gasteiger partial charge in [0.1, 0.15) is 23.1 Å². The van der Waals surface area contributed by atoms with E-state index in [1.54, 1.807) is 22.9 Å². The van der Waals surface area contributed by atoms with E-state index in [0.29, 0.717) is 34.0 Å². The molecule has 0 saturated heterocycles. The Hall–Kier alpha value is -4.83. The van der Waals surface area contributed by atoms with E-state index in [4.69, 9.17) is 10.8 Å². The van der Waals surface area contributed by atoms with E-state index < -0.39 is 0 Å². The zero-order chi connectivity index (χ0) is 22.8. The van der Waals surface area contributed by atoms with Gasteiger partial charge in [0.15, 0.2) is 0 Å². The third-order valence-electron chi connectivity index (χ3n) is 5.17. The topological polar surface area (TPSA) is 93.4 Å². The van der Waals surface area contributed by atoms with E-state index in [9.17, 15) is 9.65 Å². The lowest BCUT2D eigenvalue weighted by molar-refractivity contribution is 0.627. The number of rotatable bonds is 4. The van der Waals surface area contributed by atoms with Crippen molar-refractivity contribution in [3.05, 3.63) is 102 Å². The normalized spacial score (nSPS) is 10.7. The monoisotopic (exact) mass is 432 g/mol. The van der Waals surface area contributed by atoms with Gasteiger partial charge in [0, 0.05) is 11.1 Å². The first-order valence-corrected chi connectivity index (χ1v) is 10.2. The molecule has 0 radical (unpaired) electrons. The minimum absolute atomic E-state index is 0.0767.